The predicted octanol–water partition coefficient (Wildman–Crippen LogP) is 4.06. The average Bonchev–Trinajstić information content (AvgIpc) is 2.37. The predicted molar refractivity (Wildman–Crippen MR) is 85.7 cm³/mol. The zero-order chi connectivity index (χ0) is 14.3. The first-order valence-corrected chi connectivity index (χ1v) is 8.51. The highest BCUT2D eigenvalue weighted by atomic mass is 15.2. The van der Waals surface area contributed by atoms with Crippen LogP contribution >= 0.6 is 0 Å². The number of nitrogens with zero attached hydrogens (tertiary/aromatic N) is 1. The number of nitrogens with one attached hydrogen (secondary N) is 1. The normalized spacial score (nSPS) is 25.4. The number of piperazine rings is 1. The van der Waals surface area contributed by atoms with Crippen molar-refractivity contribution in [1.82, 2.24) is 10.2 Å². The Morgan fingerprint density at radius 2 is 1.95 bits per heavy atom. The standard InChI is InChI=1S/C17H36N2/c1-6-9-11-15(8-3)13-19-14-17(4,5)18-12-16(19)10-7-2/h15-16,18H,6-14H2,1-5H3. The second-order valence-electron chi connectivity index (χ2n) is 7.05. The second kappa shape index (κ2) is 8.26. The monoisotopic (exact) mass is 268 g/mol. The zero-order valence-corrected chi connectivity index (χ0v) is 14.0. The average molecular weight is 268 g/mol. The summed E-state index contributed by atoms with van der Waals surface area (Å²) in [5.41, 5.74) is 0.285. The zero-order valence-electron chi connectivity index (χ0n) is 14.0. The van der Waals surface area contributed by atoms with E-state index in [0.717, 1.165) is 12.0 Å². The molecular weight excluding hydrogens is 232 g/mol. The molecule has 2 nitrogen and oxygen atoms in total. The summed E-state index contributed by atoms with van der Waals surface area (Å²) in [5.74, 6) is 0.896. The highest BCUT2D eigenvalue weighted by Crippen LogP contribution is 2.22. The van der Waals surface area contributed by atoms with Crippen LogP contribution in [0.4, 0.5) is 0 Å². The van der Waals surface area contributed by atoms with Gasteiger partial charge in [-0.15, -0.1) is 0 Å². The van der Waals surface area contributed by atoms with Crippen molar-refractivity contribution in [2.24, 2.45) is 5.92 Å². The second-order valence-corrected chi connectivity index (χ2v) is 7.05. The molecule has 0 saturated carbocycles. The maximum atomic E-state index is 3.72. The summed E-state index contributed by atoms with van der Waals surface area (Å²) in [6.45, 7) is 15.4. The first kappa shape index (κ1) is 17.0. The molecular formula is C17H36N2. The van der Waals surface area contributed by atoms with Crippen molar-refractivity contribution < 1.29 is 0 Å². The van der Waals surface area contributed by atoms with E-state index < -0.39 is 0 Å². The van der Waals surface area contributed by atoms with Gasteiger partial charge in [0.05, 0.1) is 0 Å². The van der Waals surface area contributed by atoms with E-state index in [1.54, 1.807) is 0 Å². The third-order valence-corrected chi connectivity index (χ3v) is 4.59. The molecule has 1 heterocycles. The van der Waals surface area contributed by atoms with E-state index in [-0.39, 0.29) is 5.54 Å². The Bertz CT molecular complexity index is 237. The fourth-order valence-corrected chi connectivity index (χ4v) is 3.30. The third kappa shape index (κ3) is 5.83. The Kier molecular flexibility index (Phi) is 7.38. The minimum atomic E-state index is 0.285. The van der Waals surface area contributed by atoms with Gasteiger partial charge in [-0.3, -0.25) is 4.90 Å². The van der Waals surface area contributed by atoms with Crippen LogP contribution in [0, 0.1) is 5.92 Å². The van der Waals surface area contributed by atoms with E-state index in [1.807, 2.05) is 0 Å². The Balaban J connectivity index is 2.57. The molecule has 0 radical (unpaired) electrons. The summed E-state index contributed by atoms with van der Waals surface area (Å²) in [7, 11) is 0. The van der Waals surface area contributed by atoms with E-state index in [1.165, 1.54) is 58.2 Å². The van der Waals surface area contributed by atoms with Crippen LogP contribution in [0.5, 0.6) is 0 Å². The van der Waals surface area contributed by atoms with Gasteiger partial charge in [0.2, 0.25) is 0 Å². The Morgan fingerprint density at radius 1 is 1.21 bits per heavy atom. The van der Waals surface area contributed by atoms with Gasteiger partial charge in [-0.1, -0.05) is 46.5 Å². The topological polar surface area (TPSA) is 15.3 Å². The summed E-state index contributed by atoms with van der Waals surface area (Å²) in [5, 5.41) is 3.72. The molecule has 1 saturated heterocycles. The van der Waals surface area contributed by atoms with Crippen molar-refractivity contribution in [3.8, 4) is 0 Å². The van der Waals surface area contributed by atoms with Gasteiger partial charge < -0.3 is 5.32 Å². The minimum Gasteiger partial charge on any atom is -0.309 e. The molecule has 0 bridgehead atoms. The van der Waals surface area contributed by atoms with E-state index in [9.17, 15) is 0 Å². The van der Waals surface area contributed by atoms with Crippen molar-refractivity contribution in [3.05, 3.63) is 0 Å². The number of unbranched alkanes of at least 4 members (excludes halogenated alkanes) is 1. The summed E-state index contributed by atoms with van der Waals surface area (Å²) in [4.78, 5) is 2.78. The lowest BCUT2D eigenvalue weighted by Gasteiger charge is -2.46. The fraction of sp³-hybridized carbons (Fsp3) is 1.00. The third-order valence-electron chi connectivity index (χ3n) is 4.59. The number of hydrogen-bond donors (Lipinski definition) is 1. The number of hydrogen-bond acceptors (Lipinski definition) is 2. The van der Waals surface area contributed by atoms with Gasteiger partial charge in [0.25, 0.3) is 0 Å². The molecule has 1 aliphatic rings. The van der Waals surface area contributed by atoms with E-state index in [0.29, 0.717) is 0 Å². The van der Waals surface area contributed by atoms with Crippen LogP contribution < -0.4 is 5.32 Å². The Labute approximate surface area is 121 Å². The van der Waals surface area contributed by atoms with Crippen molar-refractivity contribution in [3.63, 3.8) is 0 Å². The molecule has 19 heavy (non-hydrogen) atoms. The number of rotatable bonds is 8. The molecule has 0 aromatic rings. The lowest BCUT2D eigenvalue weighted by Crippen LogP contribution is -2.62. The molecule has 0 aliphatic carbocycles. The molecule has 0 amide bonds. The lowest BCUT2D eigenvalue weighted by atomic mass is 9.92. The van der Waals surface area contributed by atoms with Crippen molar-refractivity contribution >= 4 is 0 Å². The van der Waals surface area contributed by atoms with Gasteiger partial charge in [0.15, 0.2) is 0 Å². The molecule has 1 fully saturated rings. The molecule has 1 rings (SSSR count). The van der Waals surface area contributed by atoms with Gasteiger partial charge in [-0.2, -0.15) is 0 Å². The highest BCUT2D eigenvalue weighted by molar-refractivity contribution is 4.92. The van der Waals surface area contributed by atoms with Gasteiger partial charge in [-0.05, 0) is 32.6 Å². The molecule has 1 aliphatic heterocycles. The Morgan fingerprint density at radius 3 is 2.53 bits per heavy atom. The largest absolute Gasteiger partial charge is 0.309 e. The van der Waals surface area contributed by atoms with Gasteiger partial charge in [0.1, 0.15) is 0 Å². The van der Waals surface area contributed by atoms with Crippen LogP contribution in [-0.4, -0.2) is 36.1 Å². The van der Waals surface area contributed by atoms with Crippen LogP contribution in [0.25, 0.3) is 0 Å². The summed E-state index contributed by atoms with van der Waals surface area (Å²) >= 11 is 0. The maximum Gasteiger partial charge on any atom is 0.0252 e. The van der Waals surface area contributed by atoms with Crippen LogP contribution in [0.15, 0.2) is 0 Å². The highest BCUT2D eigenvalue weighted by Gasteiger charge is 2.32. The minimum absolute atomic E-state index is 0.285. The first-order chi connectivity index (χ1) is 9.02. The fourth-order valence-electron chi connectivity index (χ4n) is 3.30. The van der Waals surface area contributed by atoms with Crippen LogP contribution in [0.3, 0.4) is 0 Å². The van der Waals surface area contributed by atoms with E-state index in [2.05, 4.69) is 44.8 Å². The van der Waals surface area contributed by atoms with Crippen LogP contribution in [0.2, 0.25) is 0 Å². The van der Waals surface area contributed by atoms with Crippen molar-refractivity contribution in [2.75, 3.05) is 19.6 Å². The SMILES string of the molecule is CCCCC(CC)CN1CC(C)(C)NCC1CCC. The van der Waals surface area contributed by atoms with Gasteiger partial charge in [0, 0.05) is 31.2 Å². The molecule has 114 valence electrons. The van der Waals surface area contributed by atoms with E-state index in [4.69, 9.17) is 0 Å². The molecule has 2 unspecified atom stereocenters. The molecule has 0 aromatic carbocycles. The summed E-state index contributed by atoms with van der Waals surface area (Å²) < 4.78 is 0. The first-order valence-electron chi connectivity index (χ1n) is 8.51. The molecule has 0 aromatic heterocycles. The van der Waals surface area contributed by atoms with E-state index >= 15 is 0 Å². The molecule has 2 heteroatoms. The maximum absolute atomic E-state index is 3.72. The molecule has 0 spiro atoms. The summed E-state index contributed by atoms with van der Waals surface area (Å²) in [6.07, 6.45) is 8.12. The van der Waals surface area contributed by atoms with Crippen molar-refractivity contribution in [1.29, 1.82) is 0 Å². The quantitative estimate of drug-likeness (QED) is 0.714. The molecule has 2 atom stereocenters. The van der Waals surface area contributed by atoms with Gasteiger partial charge in [-0.25, -0.2) is 0 Å². The lowest BCUT2D eigenvalue weighted by molar-refractivity contribution is 0.0712. The van der Waals surface area contributed by atoms with Crippen LogP contribution in [0.1, 0.15) is 73.1 Å². The molecule has 1 N–H and O–H groups in total. The Hall–Kier alpha value is -0.0800. The smallest absolute Gasteiger partial charge is 0.0252 e. The van der Waals surface area contributed by atoms with Gasteiger partial charge >= 0.3 is 0 Å². The summed E-state index contributed by atoms with van der Waals surface area (Å²) in [6, 6.07) is 0.758. The van der Waals surface area contributed by atoms with Crippen LogP contribution in [-0.2, 0) is 0 Å². The van der Waals surface area contributed by atoms with Crippen molar-refractivity contribution in [2.45, 2.75) is 84.7 Å².